The fraction of sp³-hybridized carbons (Fsp3) is 0.261. The molecule has 0 radical (unpaired) electrons. The summed E-state index contributed by atoms with van der Waals surface area (Å²) in [6.07, 6.45) is 1.29. The van der Waals surface area contributed by atoms with Gasteiger partial charge in [0.15, 0.2) is 5.65 Å². The molecule has 0 unspecified atom stereocenters. The number of hydrogen-bond acceptors (Lipinski definition) is 8. The first-order chi connectivity index (χ1) is 17.2. The van der Waals surface area contributed by atoms with E-state index < -0.39 is 26.3 Å². The molecule has 0 saturated heterocycles. The number of benzene rings is 2. The zero-order valence-electron chi connectivity index (χ0n) is 19.5. The number of nitrogens with one attached hydrogen (secondary N) is 1. The smallest absolute Gasteiger partial charge is 0.339 e. The van der Waals surface area contributed by atoms with Crippen molar-refractivity contribution in [3.8, 4) is 17.1 Å². The molecule has 36 heavy (non-hydrogen) atoms. The van der Waals surface area contributed by atoms with Gasteiger partial charge in [-0.15, -0.1) is 0 Å². The van der Waals surface area contributed by atoms with Crippen LogP contribution in [0.2, 0.25) is 0 Å². The Labute approximate surface area is 205 Å². The van der Waals surface area contributed by atoms with Gasteiger partial charge < -0.3 is 9.17 Å². The Kier molecular flexibility index (Phi) is 6.75. The zero-order valence-corrected chi connectivity index (χ0v) is 20.3. The maximum absolute atomic E-state index is 12.9. The van der Waals surface area contributed by atoms with E-state index in [2.05, 4.69) is 9.97 Å². The van der Waals surface area contributed by atoms with Crippen molar-refractivity contribution in [2.24, 2.45) is 0 Å². The topological polar surface area (TPSA) is 159 Å². The predicted octanol–water partition coefficient (Wildman–Crippen LogP) is 3.05. The van der Waals surface area contributed by atoms with Crippen molar-refractivity contribution in [2.75, 3.05) is 0 Å². The van der Waals surface area contributed by atoms with E-state index in [1.165, 1.54) is 45.5 Å². The van der Waals surface area contributed by atoms with E-state index >= 15 is 0 Å². The fourth-order valence-electron chi connectivity index (χ4n) is 3.73. The quantitative estimate of drug-likeness (QED) is 0.203. The normalized spacial score (nSPS) is 11.6. The van der Waals surface area contributed by atoms with E-state index in [0.717, 1.165) is 12.1 Å². The average Bonchev–Trinajstić information content (AvgIpc) is 3.30. The van der Waals surface area contributed by atoms with Gasteiger partial charge in [-0.2, -0.15) is 8.42 Å². The molecule has 0 aliphatic rings. The number of H-pyrrole nitrogens is 1. The van der Waals surface area contributed by atoms with Gasteiger partial charge in [0.1, 0.15) is 22.0 Å². The molecular formula is C23H23N5O7S. The maximum atomic E-state index is 12.9. The number of aromatic amines is 1. The van der Waals surface area contributed by atoms with Crippen LogP contribution in [0.3, 0.4) is 0 Å². The monoisotopic (exact) mass is 513 g/mol. The van der Waals surface area contributed by atoms with Crippen molar-refractivity contribution < 1.29 is 17.5 Å². The summed E-state index contributed by atoms with van der Waals surface area (Å²) in [6, 6.07) is 10.3. The third kappa shape index (κ3) is 4.64. The highest BCUT2D eigenvalue weighted by Crippen LogP contribution is 2.24. The third-order valence-electron chi connectivity index (χ3n) is 5.43. The summed E-state index contributed by atoms with van der Waals surface area (Å²) in [5.41, 5.74) is -0.131. The molecule has 12 nitrogen and oxygen atoms in total. The molecule has 4 aromatic rings. The molecule has 0 bridgehead atoms. The van der Waals surface area contributed by atoms with E-state index in [1.54, 1.807) is 0 Å². The summed E-state index contributed by atoms with van der Waals surface area (Å²) >= 11 is 0. The molecule has 0 fully saturated rings. The number of nitrogens with zero attached hydrogens (tertiary/aromatic N) is 4. The second-order valence-electron chi connectivity index (χ2n) is 7.99. The van der Waals surface area contributed by atoms with Crippen LogP contribution in [0, 0.1) is 10.1 Å². The third-order valence-corrected chi connectivity index (χ3v) is 6.69. The number of non-ortho nitro benzene ring substituents is 1. The Bertz CT molecular complexity index is 1650. The minimum absolute atomic E-state index is 0.0702. The molecule has 188 valence electrons. The van der Waals surface area contributed by atoms with E-state index in [1.807, 2.05) is 13.8 Å². The van der Waals surface area contributed by atoms with E-state index in [9.17, 15) is 28.1 Å². The number of hydrogen-bond donors (Lipinski definition) is 1. The Morgan fingerprint density at radius 2 is 1.58 bits per heavy atom. The van der Waals surface area contributed by atoms with Crippen molar-refractivity contribution in [3.05, 3.63) is 79.5 Å². The lowest BCUT2D eigenvalue weighted by Crippen LogP contribution is -2.40. The van der Waals surface area contributed by atoms with E-state index in [4.69, 9.17) is 4.18 Å². The highest BCUT2D eigenvalue weighted by atomic mass is 32.2. The molecule has 0 spiro atoms. The number of rotatable bonds is 9. The van der Waals surface area contributed by atoms with Crippen molar-refractivity contribution in [2.45, 2.75) is 44.7 Å². The van der Waals surface area contributed by atoms with Crippen LogP contribution < -0.4 is 15.4 Å². The van der Waals surface area contributed by atoms with Crippen LogP contribution in [-0.4, -0.2) is 32.4 Å². The molecule has 4 rings (SSSR count). The van der Waals surface area contributed by atoms with Crippen LogP contribution in [0.4, 0.5) is 5.69 Å². The number of nitro groups is 1. The molecule has 0 amide bonds. The van der Waals surface area contributed by atoms with Gasteiger partial charge in [-0.3, -0.25) is 24.0 Å². The standard InChI is InChI=1S/C23H23N5O7S/c1-3-13-26-21-19(22(29)27(14-4-2)23(26)30)24-20(25-21)15-5-11-18(12-6-15)36(33,34)35-17-9-7-16(8-10-17)28(31)32/h5-12H,3-4,13-14H2,1-2H3,(H,24,25). The number of aryl methyl sites for hydroxylation is 1. The van der Waals surface area contributed by atoms with Crippen molar-refractivity contribution >= 4 is 27.0 Å². The van der Waals surface area contributed by atoms with Crippen LogP contribution in [0.25, 0.3) is 22.6 Å². The van der Waals surface area contributed by atoms with Crippen molar-refractivity contribution in [1.29, 1.82) is 0 Å². The largest absolute Gasteiger partial charge is 0.379 e. The Morgan fingerprint density at radius 3 is 2.17 bits per heavy atom. The van der Waals surface area contributed by atoms with Crippen LogP contribution in [0.1, 0.15) is 26.7 Å². The van der Waals surface area contributed by atoms with Crippen molar-refractivity contribution in [1.82, 2.24) is 19.1 Å². The molecule has 0 saturated carbocycles. The van der Waals surface area contributed by atoms with Gasteiger partial charge in [-0.05, 0) is 49.2 Å². The van der Waals surface area contributed by atoms with Gasteiger partial charge in [0.05, 0.1) is 4.92 Å². The number of imidazole rings is 1. The Morgan fingerprint density at radius 1 is 0.972 bits per heavy atom. The van der Waals surface area contributed by atoms with E-state index in [-0.39, 0.29) is 34.0 Å². The molecule has 2 aromatic carbocycles. The number of nitro benzene ring substituents is 1. The number of fused-ring (bicyclic) bond motifs is 1. The minimum Gasteiger partial charge on any atom is -0.379 e. The highest BCUT2D eigenvalue weighted by Gasteiger charge is 2.20. The molecule has 2 heterocycles. The lowest BCUT2D eigenvalue weighted by atomic mass is 10.2. The SMILES string of the molecule is CCCn1c(=O)c2[nH]c(-c3ccc(S(=O)(=O)Oc4ccc([N+](=O)[O-])cc4)cc3)nc2n(CCC)c1=O. The van der Waals surface area contributed by atoms with Crippen LogP contribution in [0.15, 0.2) is 63.0 Å². The highest BCUT2D eigenvalue weighted by molar-refractivity contribution is 7.87. The molecule has 0 aliphatic carbocycles. The van der Waals surface area contributed by atoms with Gasteiger partial charge in [-0.1, -0.05) is 13.8 Å². The molecule has 2 aromatic heterocycles. The molecular weight excluding hydrogens is 490 g/mol. The van der Waals surface area contributed by atoms with Crippen LogP contribution in [0.5, 0.6) is 5.75 Å². The zero-order chi connectivity index (χ0) is 26.0. The average molecular weight is 514 g/mol. The molecule has 1 N–H and O–H groups in total. The van der Waals surface area contributed by atoms with Gasteiger partial charge in [0.2, 0.25) is 0 Å². The van der Waals surface area contributed by atoms with Gasteiger partial charge in [0, 0.05) is 30.8 Å². The fourth-order valence-corrected chi connectivity index (χ4v) is 4.66. The Balaban J connectivity index is 1.68. The van der Waals surface area contributed by atoms with Gasteiger partial charge in [-0.25, -0.2) is 9.78 Å². The molecule has 0 aliphatic heterocycles. The maximum Gasteiger partial charge on any atom is 0.339 e. The first-order valence-electron chi connectivity index (χ1n) is 11.2. The Hall–Kier alpha value is -4.26. The van der Waals surface area contributed by atoms with Crippen molar-refractivity contribution in [3.63, 3.8) is 0 Å². The second-order valence-corrected chi connectivity index (χ2v) is 9.53. The summed E-state index contributed by atoms with van der Waals surface area (Å²) in [5.74, 6) is 0.236. The first-order valence-corrected chi connectivity index (χ1v) is 12.6. The van der Waals surface area contributed by atoms with Gasteiger partial charge >= 0.3 is 15.8 Å². The lowest BCUT2D eigenvalue weighted by molar-refractivity contribution is -0.384. The second kappa shape index (κ2) is 9.77. The van der Waals surface area contributed by atoms with Crippen LogP contribution in [-0.2, 0) is 23.2 Å². The van der Waals surface area contributed by atoms with E-state index in [0.29, 0.717) is 30.8 Å². The minimum atomic E-state index is -4.21. The molecule has 0 atom stereocenters. The lowest BCUT2D eigenvalue weighted by Gasteiger charge is -2.09. The summed E-state index contributed by atoms with van der Waals surface area (Å²) in [7, 11) is -4.21. The number of aromatic nitrogens is 4. The van der Waals surface area contributed by atoms with Gasteiger partial charge in [0.25, 0.3) is 11.2 Å². The molecule has 13 heteroatoms. The summed E-state index contributed by atoms with van der Waals surface area (Å²) in [4.78, 5) is 43.2. The van der Waals surface area contributed by atoms with Crippen LogP contribution >= 0.6 is 0 Å². The first kappa shape index (κ1) is 24.9. The summed E-state index contributed by atoms with van der Waals surface area (Å²) in [6.45, 7) is 4.46. The summed E-state index contributed by atoms with van der Waals surface area (Å²) in [5, 5.41) is 10.8. The predicted molar refractivity (Wildman–Crippen MR) is 132 cm³/mol. The summed E-state index contributed by atoms with van der Waals surface area (Å²) < 4.78 is 33.0.